The number of rotatable bonds is 4. The first-order valence-corrected chi connectivity index (χ1v) is 8.46. The first kappa shape index (κ1) is 16.4. The van der Waals surface area contributed by atoms with Crippen LogP contribution in [0.5, 0.6) is 0 Å². The molecule has 0 saturated carbocycles. The molecule has 1 saturated heterocycles. The Hall–Kier alpha value is -2.42. The lowest BCUT2D eigenvalue weighted by atomic mass is 10.2. The summed E-state index contributed by atoms with van der Waals surface area (Å²) in [4.78, 5) is 27.9. The molecule has 2 aromatic rings. The zero-order chi connectivity index (χ0) is 16.9. The van der Waals surface area contributed by atoms with Gasteiger partial charge < -0.3 is 15.5 Å². The Morgan fingerprint density at radius 1 is 1.17 bits per heavy atom. The molecule has 0 unspecified atom stereocenters. The predicted molar refractivity (Wildman–Crippen MR) is 90.2 cm³/mol. The van der Waals surface area contributed by atoms with Gasteiger partial charge in [0, 0.05) is 31.9 Å². The monoisotopic (exact) mass is 348 g/mol. The van der Waals surface area contributed by atoms with Crippen LogP contribution in [0.1, 0.15) is 0 Å². The molecule has 0 bridgehead atoms. The zero-order valence-electron chi connectivity index (χ0n) is 12.9. The largest absolute Gasteiger partial charge is 0.368 e. The molecule has 0 atom stereocenters. The van der Waals surface area contributed by atoms with Crippen molar-refractivity contribution in [3.63, 3.8) is 0 Å². The third-order valence-electron chi connectivity index (χ3n) is 3.72. The summed E-state index contributed by atoms with van der Waals surface area (Å²) in [6, 6.07) is 6.41. The van der Waals surface area contributed by atoms with Crippen LogP contribution in [0.25, 0.3) is 0 Å². The van der Waals surface area contributed by atoms with Crippen molar-refractivity contribution in [3.05, 3.63) is 36.4 Å². The molecule has 1 aromatic heterocycles. The van der Waals surface area contributed by atoms with E-state index in [0.717, 1.165) is 18.8 Å². The third kappa shape index (κ3) is 4.10. The van der Waals surface area contributed by atoms with Gasteiger partial charge in [0.25, 0.3) is 0 Å². The molecule has 2 N–H and O–H groups in total. The molecular weight excluding hydrogens is 331 g/mol. The van der Waals surface area contributed by atoms with Gasteiger partial charge in [-0.05, 0) is 24.3 Å². The van der Waals surface area contributed by atoms with Gasteiger partial charge in [0.1, 0.15) is 12.1 Å². The van der Waals surface area contributed by atoms with E-state index in [1.165, 1.54) is 30.2 Å². The molecule has 9 heteroatoms. The number of anilines is 2. The number of benzene rings is 1. The summed E-state index contributed by atoms with van der Waals surface area (Å²) in [5.41, 5.74) is 6.46. The number of halogens is 1. The minimum absolute atomic E-state index is 0.0396. The highest BCUT2D eigenvalue weighted by molar-refractivity contribution is 7.99. The highest BCUT2D eigenvalue weighted by Crippen LogP contribution is 2.18. The second kappa shape index (κ2) is 7.43. The normalized spacial score (nSPS) is 14.7. The van der Waals surface area contributed by atoms with Gasteiger partial charge in [0.2, 0.25) is 11.9 Å². The highest BCUT2D eigenvalue weighted by Gasteiger charge is 2.21. The zero-order valence-corrected chi connectivity index (χ0v) is 13.7. The van der Waals surface area contributed by atoms with Gasteiger partial charge in [-0.15, -0.1) is 0 Å². The summed E-state index contributed by atoms with van der Waals surface area (Å²) in [6.07, 6.45) is 1.33. The maximum Gasteiger partial charge on any atom is 0.233 e. The number of carbonyl (C=O) groups excluding carboxylic acids is 1. The minimum atomic E-state index is -0.247. The average Bonchev–Trinajstić information content (AvgIpc) is 2.61. The van der Waals surface area contributed by atoms with Crippen LogP contribution in [0.4, 0.5) is 16.0 Å². The van der Waals surface area contributed by atoms with E-state index in [4.69, 9.17) is 5.73 Å². The lowest BCUT2D eigenvalue weighted by Crippen LogP contribution is -2.49. The summed E-state index contributed by atoms with van der Waals surface area (Å²) < 4.78 is 13.0. The van der Waals surface area contributed by atoms with E-state index in [-0.39, 0.29) is 23.4 Å². The first-order valence-electron chi connectivity index (χ1n) is 7.47. The number of nitrogens with zero attached hydrogens (tertiary/aromatic N) is 5. The molecule has 1 aliphatic heterocycles. The molecule has 7 nitrogen and oxygen atoms in total. The number of thioether (sulfide) groups is 1. The van der Waals surface area contributed by atoms with Crippen molar-refractivity contribution in [2.24, 2.45) is 0 Å². The Morgan fingerprint density at radius 3 is 2.54 bits per heavy atom. The van der Waals surface area contributed by atoms with Crippen LogP contribution in [0.3, 0.4) is 0 Å². The minimum Gasteiger partial charge on any atom is -0.368 e. The molecule has 24 heavy (non-hydrogen) atoms. The van der Waals surface area contributed by atoms with Gasteiger partial charge in [0.15, 0.2) is 5.16 Å². The number of piperazine rings is 1. The van der Waals surface area contributed by atoms with Crippen molar-refractivity contribution >= 4 is 29.3 Å². The lowest BCUT2D eigenvalue weighted by molar-refractivity contribution is -0.128. The van der Waals surface area contributed by atoms with Gasteiger partial charge >= 0.3 is 0 Å². The van der Waals surface area contributed by atoms with Crippen LogP contribution in [-0.4, -0.2) is 57.7 Å². The number of aromatic nitrogens is 3. The van der Waals surface area contributed by atoms with E-state index >= 15 is 0 Å². The summed E-state index contributed by atoms with van der Waals surface area (Å²) in [6.45, 7) is 2.72. The van der Waals surface area contributed by atoms with E-state index in [1.807, 2.05) is 4.90 Å². The molecule has 0 aliphatic carbocycles. The maximum absolute atomic E-state index is 13.0. The number of nitrogen functional groups attached to an aromatic ring is 1. The quantitative estimate of drug-likeness (QED) is 0.826. The summed E-state index contributed by atoms with van der Waals surface area (Å²) in [5.74, 6) is 0.203. The van der Waals surface area contributed by atoms with Gasteiger partial charge in [-0.3, -0.25) is 4.79 Å². The average molecular weight is 348 g/mol. The molecular formula is C15H17FN6OS. The number of nitrogens with two attached hydrogens (primary N) is 1. The van der Waals surface area contributed by atoms with Crippen LogP contribution in [0.15, 0.2) is 35.7 Å². The Balaban J connectivity index is 1.49. The van der Waals surface area contributed by atoms with E-state index in [0.29, 0.717) is 18.2 Å². The van der Waals surface area contributed by atoms with Crippen molar-refractivity contribution in [2.75, 3.05) is 42.6 Å². The molecule has 1 aliphatic rings. The Morgan fingerprint density at radius 2 is 1.88 bits per heavy atom. The highest BCUT2D eigenvalue weighted by atomic mass is 32.2. The fourth-order valence-corrected chi connectivity index (χ4v) is 3.16. The molecule has 0 radical (unpaired) electrons. The van der Waals surface area contributed by atoms with Crippen molar-refractivity contribution in [2.45, 2.75) is 5.16 Å². The summed E-state index contributed by atoms with van der Waals surface area (Å²) >= 11 is 1.25. The number of amides is 1. The van der Waals surface area contributed by atoms with Gasteiger partial charge in [0.05, 0.1) is 5.75 Å². The van der Waals surface area contributed by atoms with Gasteiger partial charge in [-0.2, -0.15) is 4.98 Å². The van der Waals surface area contributed by atoms with Crippen molar-refractivity contribution in [3.8, 4) is 0 Å². The molecule has 1 fully saturated rings. The topological polar surface area (TPSA) is 88.2 Å². The number of hydrogen-bond donors (Lipinski definition) is 1. The SMILES string of the molecule is Nc1ncnc(SCC(=O)N2CCN(c3ccc(F)cc3)CC2)n1. The van der Waals surface area contributed by atoms with E-state index in [2.05, 4.69) is 19.9 Å². The van der Waals surface area contributed by atoms with Crippen LogP contribution in [0.2, 0.25) is 0 Å². The second-order valence-electron chi connectivity index (χ2n) is 5.26. The Bertz CT molecular complexity index is 705. The van der Waals surface area contributed by atoms with Crippen LogP contribution >= 0.6 is 11.8 Å². The smallest absolute Gasteiger partial charge is 0.233 e. The summed E-state index contributed by atoms with van der Waals surface area (Å²) in [5, 5.41) is 0.445. The van der Waals surface area contributed by atoms with E-state index in [9.17, 15) is 9.18 Å². The van der Waals surface area contributed by atoms with Crippen molar-refractivity contribution in [1.29, 1.82) is 0 Å². The van der Waals surface area contributed by atoms with Crippen LogP contribution < -0.4 is 10.6 Å². The molecule has 126 valence electrons. The van der Waals surface area contributed by atoms with Gasteiger partial charge in [-0.25, -0.2) is 14.4 Å². The standard InChI is InChI=1S/C15H17FN6OS/c16-11-1-3-12(4-2-11)21-5-7-22(8-6-21)13(23)9-24-15-19-10-18-14(17)20-15/h1-4,10H,5-9H2,(H2,17,18,19,20). The number of carbonyl (C=O) groups is 1. The fourth-order valence-electron chi connectivity index (χ4n) is 2.45. The predicted octanol–water partition coefficient (Wildman–Crippen LogP) is 1.03. The van der Waals surface area contributed by atoms with Crippen LogP contribution in [0, 0.1) is 5.82 Å². The summed E-state index contributed by atoms with van der Waals surface area (Å²) in [7, 11) is 0. The molecule has 1 aromatic carbocycles. The van der Waals surface area contributed by atoms with E-state index < -0.39 is 0 Å². The molecule has 0 spiro atoms. The third-order valence-corrected chi connectivity index (χ3v) is 4.56. The molecule has 3 rings (SSSR count). The maximum atomic E-state index is 13.0. The van der Waals surface area contributed by atoms with Crippen molar-refractivity contribution in [1.82, 2.24) is 19.9 Å². The second-order valence-corrected chi connectivity index (χ2v) is 6.20. The first-order chi connectivity index (χ1) is 11.6. The van der Waals surface area contributed by atoms with Gasteiger partial charge in [-0.1, -0.05) is 11.8 Å². The van der Waals surface area contributed by atoms with Crippen molar-refractivity contribution < 1.29 is 9.18 Å². The van der Waals surface area contributed by atoms with Crippen LogP contribution in [-0.2, 0) is 4.79 Å². The lowest BCUT2D eigenvalue weighted by Gasteiger charge is -2.36. The Labute approximate surface area is 143 Å². The molecule has 1 amide bonds. The Kier molecular flexibility index (Phi) is 5.09. The fraction of sp³-hybridized carbons (Fsp3) is 0.333. The number of hydrogen-bond acceptors (Lipinski definition) is 7. The van der Waals surface area contributed by atoms with E-state index in [1.54, 1.807) is 12.1 Å². The molecule has 2 heterocycles.